The number of para-hydroxylation sites is 1. The van der Waals surface area contributed by atoms with Crippen molar-refractivity contribution in [2.75, 3.05) is 20.1 Å². The Kier molecular flexibility index (Phi) is 5.58. The molecule has 0 aliphatic heterocycles. The van der Waals surface area contributed by atoms with Crippen LogP contribution in [0, 0.1) is 0 Å². The van der Waals surface area contributed by atoms with Gasteiger partial charge in [-0.05, 0) is 26.1 Å². The number of ether oxygens (including phenoxy) is 1. The summed E-state index contributed by atoms with van der Waals surface area (Å²) in [5, 5.41) is 2.98. The molecule has 0 aliphatic carbocycles. The third-order valence-electron chi connectivity index (χ3n) is 2.29. The number of benzene rings is 1. The van der Waals surface area contributed by atoms with Crippen molar-refractivity contribution < 1.29 is 13.2 Å². The Balaban J connectivity index is 3.00. The first-order valence-electron chi connectivity index (χ1n) is 5.91. The number of hydrogen-bond donors (Lipinski definition) is 2. The van der Waals surface area contributed by atoms with Gasteiger partial charge in [0.1, 0.15) is 16.7 Å². The summed E-state index contributed by atoms with van der Waals surface area (Å²) in [5.41, 5.74) is 0. The third-order valence-corrected chi connectivity index (χ3v) is 3.88. The second-order valence-corrected chi connectivity index (χ2v) is 5.67. The van der Waals surface area contributed by atoms with Crippen LogP contribution in [-0.2, 0) is 10.0 Å². The number of sulfonamides is 1. The Morgan fingerprint density at radius 1 is 1.33 bits per heavy atom. The van der Waals surface area contributed by atoms with Gasteiger partial charge in [0.05, 0.1) is 0 Å². The highest BCUT2D eigenvalue weighted by atomic mass is 32.2. The zero-order valence-corrected chi connectivity index (χ0v) is 11.8. The van der Waals surface area contributed by atoms with Crippen molar-refractivity contribution in [3.63, 3.8) is 0 Å². The molecular weight excluding hydrogens is 252 g/mol. The van der Waals surface area contributed by atoms with E-state index in [4.69, 9.17) is 4.74 Å². The van der Waals surface area contributed by atoms with Gasteiger partial charge in [0.25, 0.3) is 0 Å². The molecule has 0 bridgehead atoms. The number of rotatable bonds is 7. The molecule has 0 fully saturated rings. The van der Waals surface area contributed by atoms with Crippen LogP contribution in [0.1, 0.15) is 13.8 Å². The van der Waals surface area contributed by atoms with Gasteiger partial charge in [-0.2, -0.15) is 0 Å². The lowest BCUT2D eigenvalue weighted by Crippen LogP contribution is -2.28. The van der Waals surface area contributed by atoms with Crippen molar-refractivity contribution >= 4 is 10.0 Å². The van der Waals surface area contributed by atoms with Gasteiger partial charge in [-0.1, -0.05) is 19.1 Å². The van der Waals surface area contributed by atoms with E-state index in [0.29, 0.717) is 18.8 Å². The fourth-order valence-electron chi connectivity index (χ4n) is 1.58. The van der Waals surface area contributed by atoms with Crippen molar-refractivity contribution in [2.24, 2.45) is 0 Å². The minimum absolute atomic E-state index is 0.104. The summed E-state index contributed by atoms with van der Waals surface area (Å²) in [6.45, 7) is 4.62. The molecule has 0 amide bonds. The van der Waals surface area contributed by atoms with Crippen LogP contribution in [-0.4, -0.2) is 34.7 Å². The second kappa shape index (κ2) is 6.72. The van der Waals surface area contributed by atoms with E-state index in [9.17, 15) is 8.42 Å². The molecule has 0 aromatic heterocycles. The molecule has 6 heteroatoms. The highest BCUT2D eigenvalue weighted by molar-refractivity contribution is 7.89. The third kappa shape index (κ3) is 3.97. The van der Waals surface area contributed by atoms with Crippen LogP contribution in [0.5, 0.6) is 5.75 Å². The first-order valence-corrected chi connectivity index (χ1v) is 7.39. The fraction of sp³-hybridized carbons (Fsp3) is 0.500. The maximum atomic E-state index is 12.0. The summed E-state index contributed by atoms with van der Waals surface area (Å²) in [4.78, 5) is 0.176. The molecule has 1 rings (SSSR count). The molecule has 0 radical (unpaired) electrons. The van der Waals surface area contributed by atoms with E-state index in [-0.39, 0.29) is 11.0 Å². The molecule has 1 aromatic carbocycles. The fourth-order valence-corrected chi connectivity index (χ4v) is 2.76. The molecule has 0 saturated carbocycles. The van der Waals surface area contributed by atoms with Gasteiger partial charge < -0.3 is 10.1 Å². The van der Waals surface area contributed by atoms with Gasteiger partial charge in [-0.25, -0.2) is 13.1 Å². The predicted molar refractivity (Wildman–Crippen MR) is 71.3 cm³/mol. The Bertz CT molecular complexity index is 474. The lowest BCUT2D eigenvalue weighted by Gasteiger charge is -2.17. The van der Waals surface area contributed by atoms with Gasteiger partial charge in [0.15, 0.2) is 0 Å². The van der Waals surface area contributed by atoms with E-state index in [1.807, 2.05) is 14.0 Å². The van der Waals surface area contributed by atoms with Crippen LogP contribution < -0.4 is 14.8 Å². The molecular formula is C12H20N2O3S. The average Bonchev–Trinajstić information content (AvgIpc) is 2.29. The standard InChI is InChI=1S/C12H20N2O3S/c1-4-14-18(15,16)12-8-6-5-7-11(12)17-10(2)9-13-3/h5-8,10,13-14H,4,9H2,1-3H3. The van der Waals surface area contributed by atoms with E-state index in [1.54, 1.807) is 31.2 Å². The average molecular weight is 272 g/mol. The van der Waals surface area contributed by atoms with E-state index >= 15 is 0 Å². The smallest absolute Gasteiger partial charge is 0.244 e. The lowest BCUT2D eigenvalue weighted by atomic mass is 10.3. The van der Waals surface area contributed by atoms with Gasteiger partial charge in [0, 0.05) is 13.1 Å². The molecule has 18 heavy (non-hydrogen) atoms. The first kappa shape index (κ1) is 14.9. The Hall–Kier alpha value is -1.11. The van der Waals surface area contributed by atoms with E-state index in [1.165, 1.54) is 0 Å². The van der Waals surface area contributed by atoms with Crippen LogP contribution in [0.25, 0.3) is 0 Å². The van der Waals surface area contributed by atoms with Crippen LogP contribution in [0.2, 0.25) is 0 Å². The van der Waals surface area contributed by atoms with Crippen molar-refractivity contribution in [3.8, 4) is 5.75 Å². The zero-order chi connectivity index (χ0) is 13.6. The summed E-state index contributed by atoms with van der Waals surface area (Å²) in [5.74, 6) is 0.376. The molecule has 1 unspecified atom stereocenters. The summed E-state index contributed by atoms with van der Waals surface area (Å²) in [7, 11) is -1.68. The minimum Gasteiger partial charge on any atom is -0.488 e. The molecule has 1 aromatic rings. The largest absolute Gasteiger partial charge is 0.488 e. The number of likely N-dealkylation sites (N-methyl/N-ethyl adjacent to an activating group) is 1. The van der Waals surface area contributed by atoms with E-state index < -0.39 is 10.0 Å². The SMILES string of the molecule is CCNS(=O)(=O)c1ccccc1OC(C)CNC. The summed E-state index contributed by atoms with van der Waals surface area (Å²) in [6, 6.07) is 6.64. The van der Waals surface area contributed by atoms with E-state index in [2.05, 4.69) is 10.0 Å². The van der Waals surface area contributed by atoms with Gasteiger partial charge in [-0.15, -0.1) is 0 Å². The Morgan fingerprint density at radius 2 is 2.00 bits per heavy atom. The van der Waals surface area contributed by atoms with E-state index in [0.717, 1.165) is 0 Å². The molecule has 102 valence electrons. The normalized spacial score (nSPS) is 13.3. The van der Waals surface area contributed by atoms with Crippen LogP contribution >= 0.6 is 0 Å². The minimum atomic E-state index is -3.50. The summed E-state index contributed by atoms with van der Waals surface area (Å²) in [6.07, 6.45) is -0.104. The number of nitrogens with one attached hydrogen (secondary N) is 2. The molecule has 1 atom stereocenters. The topological polar surface area (TPSA) is 67.4 Å². The van der Waals surface area contributed by atoms with Gasteiger partial charge in [-0.3, -0.25) is 0 Å². The maximum Gasteiger partial charge on any atom is 0.244 e. The lowest BCUT2D eigenvalue weighted by molar-refractivity contribution is 0.215. The summed E-state index contributed by atoms with van der Waals surface area (Å²) >= 11 is 0. The summed E-state index contributed by atoms with van der Waals surface area (Å²) < 4.78 is 32.1. The second-order valence-electron chi connectivity index (χ2n) is 3.93. The molecule has 0 spiro atoms. The number of hydrogen-bond acceptors (Lipinski definition) is 4. The molecule has 2 N–H and O–H groups in total. The van der Waals surface area contributed by atoms with Crippen LogP contribution in [0.3, 0.4) is 0 Å². The van der Waals surface area contributed by atoms with Gasteiger partial charge in [0.2, 0.25) is 10.0 Å². The van der Waals surface area contributed by atoms with Crippen molar-refractivity contribution in [1.82, 2.24) is 10.0 Å². The molecule has 0 aliphatic rings. The van der Waals surface area contributed by atoms with Crippen LogP contribution in [0.15, 0.2) is 29.2 Å². The Morgan fingerprint density at radius 3 is 2.61 bits per heavy atom. The van der Waals surface area contributed by atoms with Crippen molar-refractivity contribution in [2.45, 2.75) is 24.8 Å². The molecule has 0 saturated heterocycles. The highest BCUT2D eigenvalue weighted by Gasteiger charge is 2.19. The zero-order valence-electron chi connectivity index (χ0n) is 10.9. The van der Waals surface area contributed by atoms with Crippen molar-refractivity contribution in [1.29, 1.82) is 0 Å². The maximum absolute atomic E-state index is 12.0. The predicted octanol–water partition coefficient (Wildman–Crippen LogP) is 0.971. The molecule has 0 heterocycles. The quantitative estimate of drug-likeness (QED) is 0.776. The van der Waals surface area contributed by atoms with Crippen molar-refractivity contribution in [3.05, 3.63) is 24.3 Å². The highest BCUT2D eigenvalue weighted by Crippen LogP contribution is 2.23. The van der Waals surface area contributed by atoms with Gasteiger partial charge >= 0.3 is 0 Å². The van der Waals surface area contributed by atoms with Crippen LogP contribution in [0.4, 0.5) is 0 Å². The monoisotopic (exact) mass is 272 g/mol. The first-order chi connectivity index (χ1) is 8.51. The Labute approximate surface area is 109 Å². The molecule has 5 nitrogen and oxygen atoms in total.